The molecule has 1 aromatic heterocycles. The van der Waals surface area contributed by atoms with Gasteiger partial charge in [-0.2, -0.15) is 15.1 Å². The quantitative estimate of drug-likeness (QED) is 0.527. The minimum absolute atomic E-state index is 0.00195. The summed E-state index contributed by atoms with van der Waals surface area (Å²) in [5.41, 5.74) is 5.30. The average Bonchev–Trinajstić information content (AvgIpc) is 3.44. The average molecular weight is 470 g/mol. The lowest BCUT2D eigenvalue weighted by atomic mass is 10.1. The molecule has 0 unspecified atom stereocenters. The van der Waals surface area contributed by atoms with Crippen LogP contribution in [0.5, 0.6) is 5.75 Å². The van der Waals surface area contributed by atoms with E-state index < -0.39 is 5.91 Å². The van der Waals surface area contributed by atoms with E-state index >= 15 is 0 Å². The van der Waals surface area contributed by atoms with Gasteiger partial charge in [0, 0.05) is 17.6 Å². The number of rotatable bonds is 5. The molecule has 5 rings (SSSR count). The van der Waals surface area contributed by atoms with Gasteiger partial charge in [-0.3, -0.25) is 10.2 Å². The lowest BCUT2D eigenvalue weighted by molar-refractivity contribution is -0.114. The Labute approximate surface area is 202 Å². The maximum absolute atomic E-state index is 12.8. The second-order valence-corrected chi connectivity index (χ2v) is 9.20. The van der Waals surface area contributed by atoms with Crippen molar-refractivity contribution in [3.8, 4) is 11.4 Å². The van der Waals surface area contributed by atoms with Crippen LogP contribution in [0.3, 0.4) is 0 Å². The predicted octanol–water partition coefficient (Wildman–Crippen LogP) is 5.10. The highest BCUT2D eigenvalue weighted by Gasteiger charge is 2.36. The van der Waals surface area contributed by atoms with Gasteiger partial charge < -0.3 is 9.30 Å². The zero-order valence-electron chi connectivity index (χ0n) is 19.1. The molecule has 2 aromatic carbocycles. The molecule has 34 heavy (non-hydrogen) atoms. The Morgan fingerprint density at radius 1 is 1.06 bits per heavy atom. The highest BCUT2D eigenvalue weighted by molar-refractivity contribution is 8.27. The summed E-state index contributed by atoms with van der Waals surface area (Å²) in [6.07, 6.45) is 3.65. The Balaban J connectivity index is 1.41. The summed E-state index contributed by atoms with van der Waals surface area (Å²) in [6.45, 7) is 6.31. The molecule has 0 radical (unpaired) electrons. The van der Waals surface area contributed by atoms with Gasteiger partial charge in [-0.1, -0.05) is 30.3 Å². The number of nitrogens with zero attached hydrogens (tertiary/aromatic N) is 4. The van der Waals surface area contributed by atoms with Crippen molar-refractivity contribution < 1.29 is 9.53 Å². The number of aromatic nitrogens is 1. The third kappa shape index (κ3) is 4.08. The topological polar surface area (TPSA) is 83.0 Å². The van der Waals surface area contributed by atoms with E-state index in [2.05, 4.69) is 28.3 Å². The van der Waals surface area contributed by atoms with E-state index in [0.29, 0.717) is 10.2 Å². The number of para-hydroxylation sites is 1. The number of ether oxygens (including phenoxy) is 1. The molecule has 170 valence electrons. The zero-order chi connectivity index (χ0) is 23.8. The summed E-state index contributed by atoms with van der Waals surface area (Å²) in [7, 11) is 0. The Kier molecular flexibility index (Phi) is 5.67. The van der Waals surface area contributed by atoms with Crippen LogP contribution in [0, 0.1) is 26.2 Å². The summed E-state index contributed by atoms with van der Waals surface area (Å²) in [6, 6.07) is 17.8. The zero-order valence-corrected chi connectivity index (χ0v) is 19.9. The molecule has 0 saturated heterocycles. The minimum Gasteiger partial charge on any atom is -0.486 e. The van der Waals surface area contributed by atoms with Crippen LogP contribution in [0.25, 0.3) is 11.8 Å². The first-order valence-corrected chi connectivity index (χ1v) is 11.6. The molecule has 1 N–H and O–H groups in total. The van der Waals surface area contributed by atoms with Crippen LogP contribution in [0.15, 0.2) is 76.5 Å². The first-order valence-electron chi connectivity index (χ1n) is 10.8. The van der Waals surface area contributed by atoms with E-state index in [1.165, 1.54) is 16.8 Å². The number of hydrazone groups is 1. The fourth-order valence-electron chi connectivity index (χ4n) is 3.81. The number of carbonyl (C=O) groups excluding carboxylic acids is 1. The number of aryl methyl sites for hydroxylation is 3. The molecule has 1 amide bonds. The van der Waals surface area contributed by atoms with E-state index in [4.69, 9.17) is 10.1 Å². The largest absolute Gasteiger partial charge is 0.486 e. The van der Waals surface area contributed by atoms with Crippen molar-refractivity contribution in [1.29, 1.82) is 5.41 Å². The van der Waals surface area contributed by atoms with Crippen molar-refractivity contribution >= 4 is 39.8 Å². The summed E-state index contributed by atoms with van der Waals surface area (Å²) >= 11 is 1.25. The predicted molar refractivity (Wildman–Crippen MR) is 137 cm³/mol. The number of aliphatic imine (C=N–C) groups is 1. The fraction of sp³-hybridized carbons (Fsp3) is 0.154. The van der Waals surface area contributed by atoms with Crippen LogP contribution in [0.1, 0.15) is 22.4 Å². The van der Waals surface area contributed by atoms with Gasteiger partial charge in [0.15, 0.2) is 5.84 Å². The van der Waals surface area contributed by atoms with E-state index in [9.17, 15) is 4.79 Å². The molecule has 8 heteroatoms. The smallest absolute Gasteiger partial charge is 0.283 e. The molecular weight excluding hydrogens is 446 g/mol. The van der Waals surface area contributed by atoms with E-state index in [0.717, 1.165) is 33.8 Å². The Morgan fingerprint density at radius 2 is 1.88 bits per heavy atom. The van der Waals surface area contributed by atoms with Crippen LogP contribution in [0.2, 0.25) is 0 Å². The second kappa shape index (κ2) is 8.79. The van der Waals surface area contributed by atoms with Crippen molar-refractivity contribution in [1.82, 2.24) is 9.58 Å². The summed E-state index contributed by atoms with van der Waals surface area (Å²) in [5.74, 6) is 0.326. The first kappa shape index (κ1) is 21.9. The van der Waals surface area contributed by atoms with E-state index in [-0.39, 0.29) is 18.0 Å². The standard InChI is InChI=1S/C26H23N5O2S/c1-16-10-11-17(2)21(13-16)30-12-6-8-19(30)14-20-24(27)31-26(28-25(20)32)34-23(29-31)15-33-22-9-5-4-7-18(22)3/h4-14,27H,15H2,1-3H3/b20-14-,27-24?. The highest BCUT2D eigenvalue weighted by atomic mass is 32.2. The van der Waals surface area contributed by atoms with Gasteiger partial charge in [0.1, 0.15) is 17.4 Å². The fourth-order valence-corrected chi connectivity index (χ4v) is 4.60. The molecule has 0 spiro atoms. The van der Waals surface area contributed by atoms with Crippen LogP contribution in [-0.2, 0) is 4.79 Å². The third-order valence-electron chi connectivity index (χ3n) is 5.64. The molecule has 0 saturated carbocycles. The monoisotopic (exact) mass is 469 g/mol. The first-order chi connectivity index (χ1) is 16.4. The summed E-state index contributed by atoms with van der Waals surface area (Å²) in [5, 5.41) is 15.6. The van der Waals surface area contributed by atoms with Crippen LogP contribution >= 0.6 is 11.8 Å². The van der Waals surface area contributed by atoms with Crippen LogP contribution < -0.4 is 4.74 Å². The van der Waals surface area contributed by atoms with Crippen molar-refractivity contribution in [3.05, 3.63) is 88.8 Å². The molecule has 2 aliphatic heterocycles. The molecule has 2 aliphatic rings. The molecule has 7 nitrogen and oxygen atoms in total. The van der Waals surface area contributed by atoms with Crippen LogP contribution in [-0.4, -0.2) is 38.1 Å². The van der Waals surface area contributed by atoms with Gasteiger partial charge >= 0.3 is 0 Å². The van der Waals surface area contributed by atoms with Crippen molar-refractivity contribution in [3.63, 3.8) is 0 Å². The van der Waals surface area contributed by atoms with Crippen molar-refractivity contribution in [2.75, 3.05) is 6.61 Å². The summed E-state index contributed by atoms with van der Waals surface area (Å²) in [4.78, 5) is 17.0. The van der Waals surface area contributed by atoms with Gasteiger partial charge in [0.2, 0.25) is 5.17 Å². The number of carbonyl (C=O) groups is 1. The number of thioether (sulfide) groups is 1. The van der Waals surface area contributed by atoms with Crippen molar-refractivity contribution in [2.24, 2.45) is 10.1 Å². The minimum atomic E-state index is -0.450. The number of nitrogens with one attached hydrogen (secondary N) is 1. The van der Waals surface area contributed by atoms with Gasteiger partial charge in [0.25, 0.3) is 5.91 Å². The number of hydrogen-bond acceptors (Lipinski definition) is 5. The molecule has 3 heterocycles. The van der Waals surface area contributed by atoms with E-state index in [1.807, 2.05) is 67.9 Å². The third-order valence-corrected chi connectivity index (χ3v) is 6.52. The molecular formula is C26H23N5O2S. The van der Waals surface area contributed by atoms with Gasteiger partial charge in [0.05, 0.1) is 5.57 Å². The molecule has 0 fully saturated rings. The summed E-state index contributed by atoms with van der Waals surface area (Å²) < 4.78 is 7.89. The number of amidine groups is 2. The Bertz CT molecular complexity index is 1420. The van der Waals surface area contributed by atoms with Crippen molar-refractivity contribution in [2.45, 2.75) is 20.8 Å². The normalized spacial score (nSPS) is 16.6. The Morgan fingerprint density at radius 3 is 2.71 bits per heavy atom. The van der Waals surface area contributed by atoms with Crippen LogP contribution in [0.4, 0.5) is 0 Å². The Hall–Kier alpha value is -3.91. The number of fused-ring (bicyclic) bond motifs is 1. The molecule has 3 aromatic rings. The second-order valence-electron chi connectivity index (χ2n) is 8.16. The van der Waals surface area contributed by atoms with Gasteiger partial charge in [-0.05, 0) is 79.6 Å². The maximum atomic E-state index is 12.8. The maximum Gasteiger partial charge on any atom is 0.283 e. The highest BCUT2D eigenvalue weighted by Crippen LogP contribution is 2.29. The molecule has 0 aliphatic carbocycles. The lowest BCUT2D eigenvalue weighted by Crippen LogP contribution is -2.35. The SMILES string of the molecule is Cc1ccc(C)c(-n2cccc2/C=C2/C(=N)N3N=C(COc4ccccc4C)SC3=NC2=O)c1. The number of amides is 1. The van der Waals surface area contributed by atoms with E-state index in [1.54, 1.807) is 6.08 Å². The van der Waals surface area contributed by atoms with Gasteiger partial charge in [-0.25, -0.2) is 0 Å². The molecule has 0 atom stereocenters. The number of hydrogen-bond donors (Lipinski definition) is 1. The lowest BCUT2D eigenvalue weighted by Gasteiger charge is -2.20. The molecule has 0 bridgehead atoms. The number of benzene rings is 2. The van der Waals surface area contributed by atoms with Gasteiger partial charge in [-0.15, -0.1) is 0 Å².